The number of carbonyl (C=O) groups excluding carboxylic acids is 1. The van der Waals surface area contributed by atoms with Gasteiger partial charge in [-0.3, -0.25) is 4.79 Å². The summed E-state index contributed by atoms with van der Waals surface area (Å²) >= 11 is 1.56. The second kappa shape index (κ2) is 8.13. The molecule has 4 nitrogen and oxygen atoms in total. The van der Waals surface area contributed by atoms with E-state index in [2.05, 4.69) is 31.1 Å². The molecule has 0 aliphatic heterocycles. The number of hydrogen-bond acceptors (Lipinski definition) is 3. The molecule has 0 fully saturated rings. The average molecular weight is 319 g/mol. The predicted molar refractivity (Wildman–Crippen MR) is 91.4 cm³/mol. The van der Waals surface area contributed by atoms with E-state index in [0.29, 0.717) is 6.42 Å². The number of nitrogens with zero attached hydrogens (tertiary/aromatic N) is 2. The van der Waals surface area contributed by atoms with Crippen molar-refractivity contribution in [3.05, 3.63) is 35.6 Å². The number of carbonyl (C=O) groups is 1. The van der Waals surface area contributed by atoms with Crippen LogP contribution in [0.2, 0.25) is 0 Å². The minimum Gasteiger partial charge on any atom is -0.353 e. The van der Waals surface area contributed by atoms with Crippen molar-refractivity contribution >= 4 is 17.2 Å². The molecule has 2 heterocycles. The maximum atomic E-state index is 12.1. The molecule has 0 aromatic carbocycles. The van der Waals surface area contributed by atoms with Gasteiger partial charge in [0.1, 0.15) is 0 Å². The van der Waals surface area contributed by atoms with Gasteiger partial charge in [-0.25, -0.2) is 4.98 Å². The highest BCUT2D eigenvalue weighted by atomic mass is 32.1. The van der Waals surface area contributed by atoms with Crippen LogP contribution in [0.25, 0.3) is 5.13 Å². The van der Waals surface area contributed by atoms with Gasteiger partial charge >= 0.3 is 0 Å². The van der Waals surface area contributed by atoms with Gasteiger partial charge in [0.05, 0.1) is 12.1 Å². The minimum atomic E-state index is 0.0569. The zero-order valence-corrected chi connectivity index (χ0v) is 14.4. The number of hydrogen-bond donors (Lipinski definition) is 1. The quantitative estimate of drug-likeness (QED) is 0.804. The summed E-state index contributed by atoms with van der Waals surface area (Å²) in [7, 11) is 0. The van der Waals surface area contributed by atoms with Crippen LogP contribution in [0.5, 0.6) is 0 Å². The van der Waals surface area contributed by atoms with Crippen molar-refractivity contribution in [2.75, 3.05) is 0 Å². The highest BCUT2D eigenvalue weighted by Gasteiger charge is 2.11. The Bertz CT molecular complexity index is 575. The van der Waals surface area contributed by atoms with E-state index >= 15 is 0 Å². The fraction of sp³-hybridized carbons (Fsp3) is 0.529. The molecule has 0 aliphatic rings. The molecule has 0 saturated carbocycles. The van der Waals surface area contributed by atoms with E-state index < -0.39 is 0 Å². The van der Waals surface area contributed by atoms with E-state index in [9.17, 15) is 4.79 Å². The molecule has 0 bridgehead atoms. The summed E-state index contributed by atoms with van der Waals surface area (Å²) in [6, 6.07) is 4.16. The fourth-order valence-electron chi connectivity index (χ4n) is 2.35. The summed E-state index contributed by atoms with van der Waals surface area (Å²) in [6.45, 7) is 6.53. The Morgan fingerprint density at radius 2 is 2.00 bits per heavy atom. The Morgan fingerprint density at radius 3 is 2.68 bits per heavy atom. The maximum absolute atomic E-state index is 12.1. The summed E-state index contributed by atoms with van der Waals surface area (Å²) in [6.07, 6.45) is 7.68. The zero-order chi connectivity index (χ0) is 15.9. The summed E-state index contributed by atoms with van der Waals surface area (Å²) in [5.74, 6) is 0.784. The van der Waals surface area contributed by atoms with Gasteiger partial charge in [-0.1, -0.05) is 26.7 Å². The van der Waals surface area contributed by atoms with Crippen molar-refractivity contribution in [1.29, 1.82) is 0 Å². The topological polar surface area (TPSA) is 46.9 Å². The number of rotatable bonds is 8. The van der Waals surface area contributed by atoms with E-state index in [1.807, 2.05) is 34.5 Å². The van der Waals surface area contributed by atoms with Crippen LogP contribution in [0.15, 0.2) is 29.9 Å². The third-order valence-corrected chi connectivity index (χ3v) is 4.44. The molecule has 120 valence electrons. The molecule has 2 aromatic heterocycles. The Kier molecular flexibility index (Phi) is 6.19. The number of nitrogens with one attached hydrogen (secondary N) is 1. The molecular formula is C17H25N3OS. The number of aromatic nitrogens is 2. The smallest absolute Gasteiger partial charge is 0.226 e. The molecule has 2 rings (SSSR count). The monoisotopic (exact) mass is 319 g/mol. The molecule has 1 amide bonds. The molecule has 5 heteroatoms. The maximum Gasteiger partial charge on any atom is 0.226 e. The predicted octanol–water partition coefficient (Wildman–Crippen LogP) is 3.81. The molecule has 1 N–H and O–H groups in total. The standard InChI is InChI=1S/C17H25N3OS/c1-13(2)7-6-8-14(3)18-16(21)11-15-12-22-17(19-15)20-9-4-5-10-20/h4-5,9-10,12-14H,6-8,11H2,1-3H3,(H,18,21)/t14-/m0/s1. The van der Waals surface area contributed by atoms with Crippen molar-refractivity contribution in [3.63, 3.8) is 0 Å². The highest BCUT2D eigenvalue weighted by molar-refractivity contribution is 7.12. The molecular weight excluding hydrogens is 294 g/mol. The van der Waals surface area contributed by atoms with Crippen molar-refractivity contribution in [1.82, 2.24) is 14.9 Å². The highest BCUT2D eigenvalue weighted by Crippen LogP contribution is 2.15. The largest absolute Gasteiger partial charge is 0.353 e. The fourth-order valence-corrected chi connectivity index (χ4v) is 3.14. The van der Waals surface area contributed by atoms with Crippen LogP contribution in [-0.4, -0.2) is 21.5 Å². The van der Waals surface area contributed by atoms with Gasteiger partial charge < -0.3 is 9.88 Å². The van der Waals surface area contributed by atoms with E-state index in [1.54, 1.807) is 11.3 Å². The van der Waals surface area contributed by atoms with Crippen LogP contribution >= 0.6 is 11.3 Å². The van der Waals surface area contributed by atoms with Crippen molar-refractivity contribution in [2.24, 2.45) is 5.92 Å². The first-order valence-corrected chi connectivity index (χ1v) is 8.79. The van der Waals surface area contributed by atoms with Crippen LogP contribution in [-0.2, 0) is 11.2 Å². The summed E-state index contributed by atoms with van der Waals surface area (Å²) in [5, 5.41) is 5.92. The normalized spacial score (nSPS) is 12.5. The van der Waals surface area contributed by atoms with Gasteiger partial charge in [0.15, 0.2) is 5.13 Å². The third kappa shape index (κ3) is 5.30. The molecule has 2 aromatic rings. The van der Waals surface area contributed by atoms with Crippen LogP contribution < -0.4 is 5.32 Å². The summed E-state index contributed by atoms with van der Waals surface area (Å²) < 4.78 is 1.96. The van der Waals surface area contributed by atoms with Crippen molar-refractivity contribution in [3.8, 4) is 5.13 Å². The molecule has 0 unspecified atom stereocenters. The van der Waals surface area contributed by atoms with Crippen LogP contribution in [0.1, 0.15) is 45.7 Å². The van der Waals surface area contributed by atoms with Crippen LogP contribution in [0.4, 0.5) is 0 Å². The van der Waals surface area contributed by atoms with E-state index in [0.717, 1.165) is 29.6 Å². The van der Waals surface area contributed by atoms with Gasteiger partial charge in [0, 0.05) is 23.8 Å². The Morgan fingerprint density at radius 1 is 1.27 bits per heavy atom. The van der Waals surface area contributed by atoms with Gasteiger partial charge in [0.25, 0.3) is 0 Å². The van der Waals surface area contributed by atoms with E-state index in [-0.39, 0.29) is 11.9 Å². The first kappa shape index (κ1) is 16.7. The molecule has 0 saturated heterocycles. The first-order valence-electron chi connectivity index (χ1n) is 7.91. The molecule has 0 aliphatic carbocycles. The molecule has 0 radical (unpaired) electrons. The Balaban J connectivity index is 1.77. The third-order valence-electron chi connectivity index (χ3n) is 3.53. The van der Waals surface area contributed by atoms with Crippen molar-refractivity contribution < 1.29 is 4.79 Å². The minimum absolute atomic E-state index is 0.0569. The number of thiazole rings is 1. The van der Waals surface area contributed by atoms with E-state index in [4.69, 9.17) is 0 Å². The summed E-state index contributed by atoms with van der Waals surface area (Å²) in [5.41, 5.74) is 0.834. The SMILES string of the molecule is CC(C)CCC[C@H](C)NC(=O)Cc1csc(-n2cccc2)n1. The lowest BCUT2D eigenvalue weighted by atomic mass is 10.0. The molecule has 22 heavy (non-hydrogen) atoms. The Labute approximate surface area is 136 Å². The van der Waals surface area contributed by atoms with Crippen molar-refractivity contribution in [2.45, 2.75) is 52.5 Å². The second-order valence-corrected chi connectivity index (χ2v) is 7.02. The average Bonchev–Trinajstić information content (AvgIpc) is 3.07. The lowest BCUT2D eigenvalue weighted by molar-refractivity contribution is -0.121. The van der Waals surface area contributed by atoms with E-state index in [1.165, 1.54) is 6.42 Å². The van der Waals surface area contributed by atoms with Gasteiger partial charge in [-0.15, -0.1) is 11.3 Å². The number of amides is 1. The molecule has 1 atom stereocenters. The van der Waals surface area contributed by atoms with Gasteiger partial charge in [-0.05, 0) is 31.4 Å². The Hall–Kier alpha value is -1.62. The second-order valence-electron chi connectivity index (χ2n) is 6.18. The molecule has 0 spiro atoms. The van der Waals surface area contributed by atoms with Gasteiger partial charge in [-0.2, -0.15) is 0 Å². The zero-order valence-electron chi connectivity index (χ0n) is 13.6. The summed E-state index contributed by atoms with van der Waals surface area (Å²) in [4.78, 5) is 16.6. The van der Waals surface area contributed by atoms with Crippen LogP contribution in [0.3, 0.4) is 0 Å². The lowest BCUT2D eigenvalue weighted by Gasteiger charge is -2.14. The van der Waals surface area contributed by atoms with Crippen LogP contribution in [0, 0.1) is 5.92 Å². The van der Waals surface area contributed by atoms with Gasteiger partial charge in [0.2, 0.25) is 5.91 Å². The lowest BCUT2D eigenvalue weighted by Crippen LogP contribution is -2.33. The first-order chi connectivity index (χ1) is 10.5.